The van der Waals surface area contributed by atoms with Crippen LogP contribution in [0.3, 0.4) is 0 Å². The molecule has 4 fully saturated rings. The summed E-state index contributed by atoms with van der Waals surface area (Å²) in [7, 11) is 0. The second-order valence-electron chi connectivity index (χ2n) is 16.7. The fraction of sp³-hybridized carbons (Fsp3) is 0.463. The molecule has 44 heavy (non-hydrogen) atoms. The topological polar surface area (TPSA) is 12.0 Å². The molecule has 3 aromatic carbocycles. The summed E-state index contributed by atoms with van der Waals surface area (Å²) in [6.07, 6.45) is 8.65. The Labute approximate surface area is 276 Å². The molecule has 1 N–H and O–H groups in total. The fourth-order valence-corrected chi connectivity index (χ4v) is 40.0. The molecule has 3 aromatic rings. The first-order valence-corrected chi connectivity index (χ1v) is 28.9. The van der Waals surface area contributed by atoms with E-state index >= 15 is 0 Å². The first-order chi connectivity index (χ1) is 20.8. The third kappa shape index (κ3) is 6.33. The van der Waals surface area contributed by atoms with Crippen molar-refractivity contribution in [3.8, 4) is 11.1 Å². The summed E-state index contributed by atoms with van der Waals surface area (Å²) in [6, 6.07) is 32.5. The number of allylic oxidation sites excluding steroid dienone is 4. The minimum Gasteiger partial charge on any atom is -0.0622 e. The van der Waals surface area contributed by atoms with E-state index in [2.05, 4.69) is 133 Å². The zero-order valence-corrected chi connectivity index (χ0v) is 33.2. The van der Waals surface area contributed by atoms with Gasteiger partial charge in [0, 0.05) is 0 Å². The van der Waals surface area contributed by atoms with Crippen LogP contribution in [-0.4, -0.2) is 18.1 Å². The SMILES string of the molecule is CC1=C(C)C(C)[C]([Ti]([CH3])([NH]C23CC4(C)CC(C)(CC(C)(C4)C2)C3)[GeH2][c]2ccccc2)=C1C.c1ccc(-c2ccccc2)cc1. The van der Waals surface area contributed by atoms with E-state index in [4.69, 9.17) is 3.80 Å². The number of nitrogens with one attached hydrogen (secondary N) is 1. The van der Waals surface area contributed by atoms with E-state index < -0.39 is 27.2 Å². The van der Waals surface area contributed by atoms with E-state index in [1.807, 2.05) is 16.0 Å². The molecular weight excluding hydrogens is 627 g/mol. The number of hydrogen-bond acceptors (Lipinski definition) is 1. The van der Waals surface area contributed by atoms with E-state index in [9.17, 15) is 0 Å². The monoisotopic (exact) mass is 683 g/mol. The Morgan fingerprint density at radius 1 is 0.614 bits per heavy atom. The number of benzene rings is 3. The zero-order chi connectivity index (χ0) is 31.4. The maximum Gasteiger partial charge on any atom is -0.0184 e. The molecular formula is C41H55GeNTi. The van der Waals surface area contributed by atoms with Crippen molar-refractivity contribution in [1.29, 1.82) is 0 Å². The first-order valence-electron chi connectivity index (χ1n) is 17.1. The number of rotatable bonds is 6. The fourth-order valence-electron chi connectivity index (χ4n) is 11.7. The Bertz CT molecular complexity index is 1470. The Balaban J connectivity index is 0.000000238. The third-order valence-electron chi connectivity index (χ3n) is 11.9. The summed E-state index contributed by atoms with van der Waals surface area (Å²) in [4.78, 5) is 0. The molecule has 0 aromatic heterocycles. The standard InChI is InChI=1S/C13H22N.C12H10.C9H13.C6H7Ge.CH3.Ti/c1-10-4-11(2)6-12(3,5-10)9-13(14,7-10)8-11;1-3-7-11(8-4-1)12-9-5-2-6-10-12;1-6-5-7(2)9(4)8(6)3;7-6-4-2-1-3-5-6;;/h14H,4-9H2,1-3H3;1-10H;6H,1-4H3;1-5H,7H2;1H3;/q-1;;;;;+1. The van der Waals surface area contributed by atoms with Crippen molar-refractivity contribution >= 4 is 17.0 Å². The van der Waals surface area contributed by atoms with Crippen LogP contribution in [-0.2, 0) is 14.6 Å². The molecule has 4 bridgehead atoms. The van der Waals surface area contributed by atoms with Gasteiger partial charge in [0.1, 0.15) is 0 Å². The molecule has 8 rings (SSSR count). The van der Waals surface area contributed by atoms with Gasteiger partial charge in [0.05, 0.1) is 0 Å². The van der Waals surface area contributed by atoms with Crippen LogP contribution in [0.2, 0.25) is 5.23 Å². The van der Waals surface area contributed by atoms with E-state index in [-0.39, 0.29) is 0 Å². The van der Waals surface area contributed by atoms with Gasteiger partial charge < -0.3 is 0 Å². The van der Waals surface area contributed by atoms with Gasteiger partial charge in [-0.2, -0.15) is 0 Å². The summed E-state index contributed by atoms with van der Waals surface area (Å²) in [5.41, 5.74) is 9.48. The largest absolute Gasteiger partial charge is 0.0622 e. The summed E-state index contributed by atoms with van der Waals surface area (Å²) >= 11 is -3.41. The normalized spacial score (nSPS) is 34.0. The van der Waals surface area contributed by atoms with Gasteiger partial charge >= 0.3 is 206 Å². The molecule has 232 valence electrons. The number of hydrogen-bond donors (Lipinski definition) is 1. The summed E-state index contributed by atoms with van der Waals surface area (Å²) in [5.74, 6) is 0.650. The predicted octanol–water partition coefficient (Wildman–Crippen LogP) is 9.86. The molecule has 5 aliphatic rings. The molecule has 0 aliphatic heterocycles. The van der Waals surface area contributed by atoms with Crippen molar-refractivity contribution in [2.24, 2.45) is 22.2 Å². The van der Waals surface area contributed by atoms with Crippen molar-refractivity contribution in [2.45, 2.75) is 97.8 Å². The molecule has 2 unspecified atom stereocenters. The van der Waals surface area contributed by atoms with Crippen LogP contribution in [0.4, 0.5) is 0 Å². The van der Waals surface area contributed by atoms with Gasteiger partial charge in [-0.05, 0) is 11.1 Å². The molecule has 0 saturated heterocycles. The van der Waals surface area contributed by atoms with E-state index in [1.54, 1.807) is 21.1 Å². The summed E-state index contributed by atoms with van der Waals surface area (Å²) in [6.45, 7) is 17.7. The minimum absolute atomic E-state index is 0.388. The van der Waals surface area contributed by atoms with Crippen molar-refractivity contribution in [3.05, 3.63) is 112 Å². The molecule has 4 saturated carbocycles. The van der Waals surface area contributed by atoms with Crippen molar-refractivity contribution < 1.29 is 14.6 Å². The third-order valence-corrected chi connectivity index (χ3v) is 33.9. The minimum atomic E-state index is -2.45. The zero-order valence-electron chi connectivity index (χ0n) is 28.7. The smallest absolute Gasteiger partial charge is 0.0184 e. The van der Waals surface area contributed by atoms with Gasteiger partial charge in [-0.25, -0.2) is 0 Å². The molecule has 5 aliphatic carbocycles. The maximum absolute atomic E-state index is 4.79. The predicted molar refractivity (Wildman–Crippen MR) is 190 cm³/mol. The van der Waals surface area contributed by atoms with Crippen LogP contribution in [0.25, 0.3) is 11.1 Å². The van der Waals surface area contributed by atoms with E-state index in [1.165, 1.54) is 49.7 Å². The Hall–Kier alpha value is -1.64. The van der Waals surface area contributed by atoms with Gasteiger partial charge in [-0.1, -0.05) is 60.7 Å². The van der Waals surface area contributed by atoms with Crippen LogP contribution in [0.15, 0.2) is 112 Å². The first kappa shape index (κ1) is 32.3. The average molecular weight is 682 g/mol. The van der Waals surface area contributed by atoms with Crippen LogP contribution >= 0.6 is 0 Å². The van der Waals surface area contributed by atoms with Gasteiger partial charge in [0.15, 0.2) is 0 Å². The summed E-state index contributed by atoms with van der Waals surface area (Å²) in [5, 5.41) is 2.81. The van der Waals surface area contributed by atoms with Crippen LogP contribution in [0, 0.1) is 22.2 Å². The Kier molecular flexibility index (Phi) is 8.71. The van der Waals surface area contributed by atoms with Crippen molar-refractivity contribution in [3.63, 3.8) is 0 Å². The van der Waals surface area contributed by atoms with E-state index in [0.29, 0.717) is 27.7 Å². The molecule has 0 radical (unpaired) electrons. The van der Waals surface area contributed by atoms with Crippen LogP contribution in [0.5, 0.6) is 0 Å². The average Bonchev–Trinajstić information content (AvgIpc) is 3.14. The quantitative estimate of drug-likeness (QED) is 0.256. The Morgan fingerprint density at radius 2 is 1.02 bits per heavy atom. The van der Waals surface area contributed by atoms with Gasteiger partial charge in [0.2, 0.25) is 0 Å². The molecule has 2 atom stereocenters. The second-order valence-corrected chi connectivity index (χ2v) is 39.6. The maximum atomic E-state index is 4.79. The Morgan fingerprint density at radius 3 is 1.41 bits per heavy atom. The molecule has 0 heterocycles. The molecule has 3 heteroatoms. The van der Waals surface area contributed by atoms with Crippen molar-refractivity contribution in [1.82, 2.24) is 3.80 Å². The van der Waals surface area contributed by atoms with Gasteiger partial charge in [-0.3, -0.25) is 0 Å². The summed E-state index contributed by atoms with van der Waals surface area (Å²) < 4.78 is 8.43. The van der Waals surface area contributed by atoms with Crippen LogP contribution in [0.1, 0.15) is 87.0 Å². The van der Waals surface area contributed by atoms with E-state index in [0.717, 1.165) is 0 Å². The van der Waals surface area contributed by atoms with Crippen LogP contribution < -0.4 is 8.19 Å². The van der Waals surface area contributed by atoms with Crippen molar-refractivity contribution in [2.75, 3.05) is 0 Å². The second kappa shape index (κ2) is 11.9. The molecule has 1 nitrogen and oxygen atoms in total. The van der Waals surface area contributed by atoms with Gasteiger partial charge in [0.25, 0.3) is 0 Å². The van der Waals surface area contributed by atoms with Gasteiger partial charge in [-0.15, -0.1) is 0 Å². The molecule has 0 amide bonds. The molecule has 0 spiro atoms.